The van der Waals surface area contributed by atoms with Crippen LogP contribution in [0.1, 0.15) is 69.1 Å². The highest BCUT2D eigenvalue weighted by Gasteiger charge is 2.38. The van der Waals surface area contributed by atoms with Gasteiger partial charge in [0, 0.05) is 11.1 Å². The smallest absolute Gasteiger partial charge is 0.346 e. The number of esters is 4. The first-order valence-electron chi connectivity index (χ1n) is 15.5. The second kappa shape index (κ2) is 18.5. The van der Waals surface area contributed by atoms with Crippen molar-refractivity contribution < 1.29 is 48.0 Å². The van der Waals surface area contributed by atoms with Crippen molar-refractivity contribution in [3.63, 3.8) is 0 Å². The van der Waals surface area contributed by atoms with Gasteiger partial charge >= 0.3 is 35.3 Å². The van der Waals surface area contributed by atoms with Crippen LogP contribution in [0.2, 0.25) is 5.15 Å². The zero-order valence-electron chi connectivity index (χ0n) is 28.1. The maximum atomic E-state index is 12.4. The minimum Gasteiger partial charge on any atom is -0.462 e. The van der Waals surface area contributed by atoms with Crippen LogP contribution in [0.5, 0.6) is 0 Å². The van der Waals surface area contributed by atoms with Gasteiger partial charge in [-0.05, 0) is 27.7 Å². The number of ether oxygens (including phenoxy) is 4. The standard InChI is InChI=1S/C17H15ClN2O6.C17H16N2O7/c1-3-25-16(21)11-12(17(22)26-4-2)15(18)19-13(14(11)20(23)24)10-8-6-5-7-9-10;1-3-25-16(21)11-12(17(22)26-4-2)15(20)18-13(14(11)19(23)24)10-8-6-5-7-9-10/h5-9H,3-4H2,1-2H3;5-9H,3-4H2,1-2H3,(H,18,20). The van der Waals surface area contributed by atoms with E-state index in [1.807, 2.05) is 0 Å². The summed E-state index contributed by atoms with van der Waals surface area (Å²) in [5.74, 6) is -4.33. The number of nitrogens with one attached hydrogen (secondary N) is 1. The van der Waals surface area contributed by atoms with Crippen molar-refractivity contribution in [3.8, 4) is 22.5 Å². The normalized spacial score (nSPS) is 10.2. The first-order chi connectivity index (χ1) is 24.8. The molecule has 0 aliphatic carbocycles. The van der Waals surface area contributed by atoms with Gasteiger partial charge in [-0.3, -0.25) is 25.0 Å². The van der Waals surface area contributed by atoms with E-state index in [0.29, 0.717) is 11.1 Å². The third kappa shape index (κ3) is 8.99. The Morgan fingerprint density at radius 2 is 1.02 bits per heavy atom. The van der Waals surface area contributed by atoms with Crippen molar-refractivity contribution in [2.45, 2.75) is 27.7 Å². The van der Waals surface area contributed by atoms with Gasteiger partial charge in [-0.2, -0.15) is 0 Å². The highest BCUT2D eigenvalue weighted by atomic mass is 35.5. The lowest BCUT2D eigenvalue weighted by Crippen LogP contribution is -2.27. The van der Waals surface area contributed by atoms with Gasteiger partial charge < -0.3 is 23.9 Å². The highest BCUT2D eigenvalue weighted by molar-refractivity contribution is 6.34. The van der Waals surface area contributed by atoms with E-state index in [0.717, 1.165) is 0 Å². The second-order valence-corrected chi connectivity index (χ2v) is 10.3. The van der Waals surface area contributed by atoms with Crippen LogP contribution in [0.4, 0.5) is 11.4 Å². The fourth-order valence-corrected chi connectivity index (χ4v) is 4.96. The molecule has 2 heterocycles. The van der Waals surface area contributed by atoms with Crippen LogP contribution < -0.4 is 5.56 Å². The number of benzene rings is 2. The fraction of sp³-hybridized carbons (Fsp3) is 0.235. The Morgan fingerprint density at radius 3 is 1.44 bits per heavy atom. The Hall–Kier alpha value is -6.49. The molecule has 0 bridgehead atoms. The molecule has 17 nitrogen and oxygen atoms in total. The predicted octanol–water partition coefficient (Wildman–Crippen LogP) is 5.97. The average molecular weight is 739 g/mol. The Kier molecular flexibility index (Phi) is 14.2. The number of pyridine rings is 2. The Labute approximate surface area is 299 Å². The van der Waals surface area contributed by atoms with Crippen LogP contribution in [0, 0.1) is 20.2 Å². The van der Waals surface area contributed by atoms with Crippen LogP contribution >= 0.6 is 11.6 Å². The Bertz CT molecular complexity index is 2050. The molecule has 0 amide bonds. The van der Waals surface area contributed by atoms with Crippen LogP contribution in [0.3, 0.4) is 0 Å². The van der Waals surface area contributed by atoms with Crippen molar-refractivity contribution in [1.82, 2.24) is 9.97 Å². The van der Waals surface area contributed by atoms with Crippen LogP contribution in [-0.4, -0.2) is 70.1 Å². The van der Waals surface area contributed by atoms with E-state index in [2.05, 4.69) is 9.97 Å². The molecule has 4 rings (SSSR count). The first-order valence-corrected chi connectivity index (χ1v) is 15.8. The maximum absolute atomic E-state index is 12.4. The molecule has 0 unspecified atom stereocenters. The topological polar surface area (TPSA) is 237 Å². The molecule has 0 atom stereocenters. The number of nitrogens with zero attached hydrogens (tertiary/aromatic N) is 3. The number of carbonyl (C=O) groups excluding carboxylic acids is 4. The molecule has 0 saturated heterocycles. The SMILES string of the molecule is CCOC(=O)c1c(Cl)nc(-c2ccccc2)c([N+](=O)[O-])c1C(=O)OCC.CCOC(=O)c1c([N+](=O)[O-])c(-c2ccccc2)[nH]c(=O)c1C(=O)OCC. The summed E-state index contributed by atoms with van der Waals surface area (Å²) < 4.78 is 19.4. The number of hydrogen-bond acceptors (Lipinski definition) is 14. The number of aromatic amines is 1. The molecule has 52 heavy (non-hydrogen) atoms. The Balaban J connectivity index is 0.000000280. The summed E-state index contributed by atoms with van der Waals surface area (Å²) in [5.41, 5.74) is -4.58. The van der Waals surface area contributed by atoms with Crippen molar-refractivity contribution >= 4 is 46.9 Å². The van der Waals surface area contributed by atoms with E-state index in [1.165, 1.54) is 32.9 Å². The number of rotatable bonds is 12. The molecule has 0 saturated carbocycles. The van der Waals surface area contributed by atoms with Gasteiger partial charge in [0.25, 0.3) is 5.56 Å². The van der Waals surface area contributed by atoms with E-state index in [-0.39, 0.29) is 43.0 Å². The van der Waals surface area contributed by atoms with Gasteiger partial charge in [0.2, 0.25) is 0 Å². The molecule has 1 N–H and O–H groups in total. The molecular weight excluding hydrogens is 708 g/mol. The van der Waals surface area contributed by atoms with Gasteiger partial charge in [0.1, 0.15) is 22.0 Å². The summed E-state index contributed by atoms with van der Waals surface area (Å²) in [6, 6.07) is 16.1. The first kappa shape index (κ1) is 39.9. The summed E-state index contributed by atoms with van der Waals surface area (Å²) in [7, 11) is 0. The average Bonchev–Trinajstić information content (AvgIpc) is 3.11. The molecule has 0 aliphatic rings. The van der Waals surface area contributed by atoms with Crippen molar-refractivity contribution in [2.75, 3.05) is 26.4 Å². The summed E-state index contributed by atoms with van der Waals surface area (Å²) in [6.07, 6.45) is 0. The van der Waals surface area contributed by atoms with Gasteiger partial charge in [0.15, 0.2) is 16.8 Å². The summed E-state index contributed by atoms with van der Waals surface area (Å²) in [6.45, 7) is 5.87. The molecule has 0 fully saturated rings. The molecule has 18 heteroatoms. The molecule has 0 aliphatic heterocycles. The molecule has 4 aromatic rings. The second-order valence-electron chi connectivity index (χ2n) is 9.91. The van der Waals surface area contributed by atoms with Gasteiger partial charge in [0.05, 0.1) is 36.3 Å². The van der Waals surface area contributed by atoms with Crippen molar-refractivity contribution in [1.29, 1.82) is 0 Å². The monoisotopic (exact) mass is 738 g/mol. The van der Waals surface area contributed by atoms with E-state index < -0.39 is 72.9 Å². The quantitative estimate of drug-likeness (QED) is 0.0580. The fourth-order valence-electron chi connectivity index (χ4n) is 4.70. The van der Waals surface area contributed by atoms with E-state index in [1.54, 1.807) is 55.5 Å². The highest BCUT2D eigenvalue weighted by Crippen LogP contribution is 2.37. The predicted molar refractivity (Wildman–Crippen MR) is 184 cm³/mol. The van der Waals surface area contributed by atoms with Gasteiger partial charge in [-0.1, -0.05) is 72.3 Å². The maximum Gasteiger partial charge on any atom is 0.346 e. The third-order valence-electron chi connectivity index (χ3n) is 6.71. The van der Waals surface area contributed by atoms with Gasteiger partial charge in [-0.15, -0.1) is 0 Å². The lowest BCUT2D eigenvalue weighted by Gasteiger charge is -2.13. The van der Waals surface area contributed by atoms with Crippen LogP contribution in [0.15, 0.2) is 65.5 Å². The van der Waals surface area contributed by atoms with E-state index >= 15 is 0 Å². The van der Waals surface area contributed by atoms with E-state index in [4.69, 9.17) is 30.5 Å². The zero-order chi connectivity index (χ0) is 38.5. The minimum atomic E-state index is -1.15. The summed E-state index contributed by atoms with van der Waals surface area (Å²) >= 11 is 6.09. The number of halogens is 1. The Morgan fingerprint density at radius 1 is 0.635 bits per heavy atom. The lowest BCUT2D eigenvalue weighted by molar-refractivity contribution is -0.384. The van der Waals surface area contributed by atoms with Crippen LogP contribution in [-0.2, 0) is 18.9 Å². The molecule has 272 valence electrons. The summed E-state index contributed by atoms with van der Waals surface area (Å²) in [5, 5.41) is 23.0. The van der Waals surface area contributed by atoms with Crippen LogP contribution in [0.25, 0.3) is 22.5 Å². The van der Waals surface area contributed by atoms with E-state index in [9.17, 15) is 44.2 Å². The third-order valence-corrected chi connectivity index (χ3v) is 6.98. The molecule has 2 aromatic heterocycles. The minimum absolute atomic E-state index is 0.00827. The van der Waals surface area contributed by atoms with Gasteiger partial charge in [-0.25, -0.2) is 24.2 Å². The molecular formula is C34H31ClN4O13. The number of nitro groups is 2. The molecule has 0 radical (unpaired) electrons. The number of hydrogen-bond donors (Lipinski definition) is 1. The zero-order valence-corrected chi connectivity index (χ0v) is 28.9. The largest absolute Gasteiger partial charge is 0.462 e. The molecule has 2 aromatic carbocycles. The lowest BCUT2D eigenvalue weighted by atomic mass is 10.0. The number of carbonyl (C=O) groups is 4. The number of aromatic nitrogens is 2. The summed E-state index contributed by atoms with van der Waals surface area (Å²) in [4.78, 5) is 89.7. The number of H-pyrrole nitrogens is 1. The molecule has 0 spiro atoms. The van der Waals surface area contributed by atoms with Crippen molar-refractivity contribution in [3.05, 3.63) is 119 Å². The van der Waals surface area contributed by atoms with Crippen molar-refractivity contribution in [2.24, 2.45) is 0 Å².